The molecule has 2 aliphatic rings. The zero-order valence-corrected chi connectivity index (χ0v) is 15.9. The highest BCUT2D eigenvalue weighted by molar-refractivity contribution is 6.00. The lowest BCUT2D eigenvalue weighted by atomic mass is 9.95. The number of carbonyl (C=O) groups is 2. The highest BCUT2D eigenvalue weighted by atomic mass is 19.1. The molecule has 2 aromatic rings. The molecular formula is C20H20FN3O5. The number of likely N-dealkylation sites (N-methyl/N-ethyl adjacent to an activating group) is 1. The summed E-state index contributed by atoms with van der Waals surface area (Å²) in [5, 5.41) is 23.7. The Labute approximate surface area is 165 Å². The molecule has 0 saturated carbocycles. The van der Waals surface area contributed by atoms with Crippen molar-refractivity contribution in [3.05, 3.63) is 62.8 Å². The van der Waals surface area contributed by atoms with Crippen molar-refractivity contribution in [1.82, 2.24) is 14.8 Å². The van der Waals surface area contributed by atoms with Crippen molar-refractivity contribution in [2.45, 2.75) is 31.5 Å². The maximum absolute atomic E-state index is 13.0. The third-order valence-electron chi connectivity index (χ3n) is 5.60. The molecule has 1 aromatic carbocycles. The Morgan fingerprint density at radius 1 is 1.31 bits per heavy atom. The minimum atomic E-state index is -1.14. The second-order valence-corrected chi connectivity index (χ2v) is 7.81. The van der Waals surface area contributed by atoms with E-state index < -0.39 is 40.5 Å². The van der Waals surface area contributed by atoms with Crippen LogP contribution in [-0.2, 0) is 12.1 Å². The molecular weight excluding hydrogens is 381 g/mol. The van der Waals surface area contributed by atoms with E-state index >= 15 is 0 Å². The van der Waals surface area contributed by atoms with Crippen molar-refractivity contribution >= 4 is 11.8 Å². The number of carbonyl (C=O) groups excluding carboxylic acids is 2. The number of hydrogen-bond donors (Lipinski definition) is 3. The fourth-order valence-corrected chi connectivity index (χ4v) is 4.35. The minimum Gasteiger partial charge on any atom is -0.503 e. The SMILES string of the molecule is CN1CC2(C)CC(O)c3c(C(=O)NCc4ccc(F)cc4)c(=O)c(O)c(n32)C1=O. The van der Waals surface area contributed by atoms with Crippen LogP contribution in [0.4, 0.5) is 4.39 Å². The first-order valence-electron chi connectivity index (χ1n) is 9.12. The Balaban J connectivity index is 1.80. The second-order valence-electron chi connectivity index (χ2n) is 7.81. The number of halogens is 1. The predicted molar refractivity (Wildman–Crippen MR) is 100 cm³/mol. The lowest BCUT2D eigenvalue weighted by Crippen LogP contribution is -2.50. The average Bonchev–Trinajstić information content (AvgIpc) is 2.92. The Morgan fingerprint density at radius 3 is 2.62 bits per heavy atom. The molecule has 8 nitrogen and oxygen atoms in total. The number of aliphatic hydroxyl groups excluding tert-OH is 1. The highest BCUT2D eigenvalue weighted by Gasteiger charge is 2.50. The molecule has 29 heavy (non-hydrogen) atoms. The molecule has 3 heterocycles. The Kier molecular flexibility index (Phi) is 4.23. The van der Waals surface area contributed by atoms with Gasteiger partial charge in [-0.3, -0.25) is 14.4 Å². The van der Waals surface area contributed by atoms with Crippen LogP contribution in [0.3, 0.4) is 0 Å². The quantitative estimate of drug-likeness (QED) is 0.706. The number of hydrogen-bond acceptors (Lipinski definition) is 5. The summed E-state index contributed by atoms with van der Waals surface area (Å²) in [5.74, 6) is -2.55. The molecule has 3 N–H and O–H groups in total. The number of rotatable bonds is 3. The zero-order valence-electron chi connectivity index (χ0n) is 15.9. The summed E-state index contributed by atoms with van der Waals surface area (Å²) in [6, 6.07) is 5.48. The van der Waals surface area contributed by atoms with E-state index in [2.05, 4.69) is 5.32 Å². The maximum atomic E-state index is 13.0. The first-order chi connectivity index (χ1) is 13.6. The van der Waals surface area contributed by atoms with E-state index in [4.69, 9.17) is 0 Å². The minimum absolute atomic E-state index is 0.0234. The summed E-state index contributed by atoms with van der Waals surface area (Å²) in [6.07, 6.45) is -0.948. The molecule has 152 valence electrons. The summed E-state index contributed by atoms with van der Waals surface area (Å²) >= 11 is 0. The summed E-state index contributed by atoms with van der Waals surface area (Å²) in [4.78, 5) is 39.6. The lowest BCUT2D eigenvalue weighted by molar-refractivity contribution is 0.0607. The molecule has 2 aliphatic heterocycles. The normalized spacial score (nSPS) is 22.6. The highest BCUT2D eigenvalue weighted by Crippen LogP contribution is 2.45. The van der Waals surface area contributed by atoms with E-state index in [1.54, 1.807) is 14.0 Å². The van der Waals surface area contributed by atoms with Gasteiger partial charge in [0.15, 0.2) is 11.4 Å². The molecule has 0 spiro atoms. The molecule has 1 aromatic heterocycles. The molecule has 0 bridgehead atoms. The van der Waals surface area contributed by atoms with Crippen LogP contribution in [-0.4, -0.2) is 45.1 Å². The van der Waals surface area contributed by atoms with Crippen LogP contribution >= 0.6 is 0 Å². The van der Waals surface area contributed by atoms with Gasteiger partial charge >= 0.3 is 0 Å². The molecule has 2 amide bonds. The smallest absolute Gasteiger partial charge is 0.274 e. The monoisotopic (exact) mass is 401 g/mol. The van der Waals surface area contributed by atoms with E-state index in [-0.39, 0.29) is 36.5 Å². The summed E-state index contributed by atoms with van der Waals surface area (Å²) in [7, 11) is 1.55. The van der Waals surface area contributed by atoms with Gasteiger partial charge < -0.3 is 25.0 Å². The maximum Gasteiger partial charge on any atom is 0.274 e. The summed E-state index contributed by atoms with van der Waals surface area (Å²) in [5.41, 5.74) is -1.72. The van der Waals surface area contributed by atoms with E-state index in [1.165, 1.54) is 33.7 Å². The fraction of sp³-hybridized carbons (Fsp3) is 0.350. The standard InChI is InChI=1S/C20H20FN3O5/c1-20-7-12(25)14-13(18(28)22-8-10-3-5-11(21)6-4-10)16(26)17(27)15(24(14)20)19(29)23(2)9-20/h3-6,12,25,27H,7-9H2,1-2H3,(H,22,28). The van der Waals surface area contributed by atoms with Gasteiger partial charge in [-0.05, 0) is 24.6 Å². The van der Waals surface area contributed by atoms with Gasteiger partial charge in [-0.1, -0.05) is 12.1 Å². The van der Waals surface area contributed by atoms with Crippen LogP contribution < -0.4 is 10.7 Å². The van der Waals surface area contributed by atoms with Crippen LogP contribution in [0, 0.1) is 5.82 Å². The van der Waals surface area contributed by atoms with E-state index in [0.29, 0.717) is 5.56 Å². The Hall–Kier alpha value is -3.20. The van der Waals surface area contributed by atoms with Crippen molar-refractivity contribution < 1.29 is 24.2 Å². The van der Waals surface area contributed by atoms with Crippen molar-refractivity contribution in [2.75, 3.05) is 13.6 Å². The number of pyridine rings is 1. The van der Waals surface area contributed by atoms with Gasteiger partial charge in [0.25, 0.3) is 11.8 Å². The molecule has 2 unspecified atom stereocenters. The number of aromatic hydroxyl groups is 1. The molecule has 0 radical (unpaired) electrons. The van der Waals surface area contributed by atoms with Gasteiger partial charge in [-0.25, -0.2) is 4.39 Å². The van der Waals surface area contributed by atoms with Gasteiger partial charge in [-0.2, -0.15) is 0 Å². The average molecular weight is 401 g/mol. The molecule has 0 fully saturated rings. The fourth-order valence-electron chi connectivity index (χ4n) is 4.35. The molecule has 0 saturated heterocycles. The number of nitrogens with zero attached hydrogens (tertiary/aromatic N) is 2. The van der Waals surface area contributed by atoms with E-state index in [0.717, 1.165) is 0 Å². The topological polar surface area (TPSA) is 112 Å². The largest absolute Gasteiger partial charge is 0.503 e. The first-order valence-corrected chi connectivity index (χ1v) is 9.12. The van der Waals surface area contributed by atoms with Crippen LogP contribution in [0.1, 0.15) is 51.6 Å². The third-order valence-corrected chi connectivity index (χ3v) is 5.60. The summed E-state index contributed by atoms with van der Waals surface area (Å²) < 4.78 is 14.5. The van der Waals surface area contributed by atoms with Crippen LogP contribution in [0.15, 0.2) is 29.1 Å². The molecule has 2 atom stereocenters. The number of amides is 2. The Bertz CT molecular complexity index is 1090. The van der Waals surface area contributed by atoms with Crippen LogP contribution in [0.2, 0.25) is 0 Å². The zero-order chi connectivity index (χ0) is 21.1. The van der Waals surface area contributed by atoms with Gasteiger partial charge in [-0.15, -0.1) is 0 Å². The molecule has 9 heteroatoms. The summed E-state index contributed by atoms with van der Waals surface area (Å²) in [6.45, 7) is 2.08. The van der Waals surface area contributed by atoms with Gasteiger partial charge in [0.05, 0.1) is 17.3 Å². The van der Waals surface area contributed by atoms with Crippen LogP contribution in [0.5, 0.6) is 5.75 Å². The van der Waals surface area contributed by atoms with Gasteiger partial charge in [0, 0.05) is 26.6 Å². The Morgan fingerprint density at radius 2 is 1.97 bits per heavy atom. The van der Waals surface area contributed by atoms with E-state index in [1.807, 2.05) is 0 Å². The van der Waals surface area contributed by atoms with Crippen LogP contribution in [0.25, 0.3) is 0 Å². The number of benzene rings is 1. The number of aliphatic hydroxyl groups is 1. The predicted octanol–water partition coefficient (Wildman–Crippen LogP) is 0.861. The number of nitrogens with one attached hydrogen (secondary N) is 1. The molecule has 0 aliphatic carbocycles. The van der Waals surface area contributed by atoms with Gasteiger partial charge in [0.2, 0.25) is 5.43 Å². The number of aromatic nitrogens is 1. The van der Waals surface area contributed by atoms with Crippen molar-refractivity contribution in [1.29, 1.82) is 0 Å². The second kappa shape index (κ2) is 6.41. The van der Waals surface area contributed by atoms with Crippen molar-refractivity contribution in [2.24, 2.45) is 0 Å². The third kappa shape index (κ3) is 2.80. The van der Waals surface area contributed by atoms with Gasteiger partial charge in [0.1, 0.15) is 11.4 Å². The lowest BCUT2D eigenvalue weighted by Gasteiger charge is -2.39. The van der Waals surface area contributed by atoms with Crippen molar-refractivity contribution in [3.8, 4) is 5.75 Å². The van der Waals surface area contributed by atoms with Crippen molar-refractivity contribution in [3.63, 3.8) is 0 Å². The molecule has 4 rings (SSSR count). The van der Waals surface area contributed by atoms with E-state index in [9.17, 15) is 29.0 Å². The first kappa shape index (κ1) is 19.1.